The van der Waals surface area contributed by atoms with Crippen LogP contribution in [0.15, 0.2) is 47.0 Å². The molecule has 6 nitrogen and oxygen atoms in total. The van der Waals surface area contributed by atoms with E-state index < -0.39 is 0 Å². The van der Waals surface area contributed by atoms with Crippen LogP contribution in [0.4, 0.5) is 0 Å². The Bertz CT molecular complexity index is 1060. The quantitative estimate of drug-likeness (QED) is 0.357. The molecule has 1 aliphatic carbocycles. The van der Waals surface area contributed by atoms with Crippen molar-refractivity contribution >= 4 is 35.8 Å². The number of aromatic nitrogens is 1. The third-order valence-electron chi connectivity index (χ3n) is 7.42. The summed E-state index contributed by atoms with van der Waals surface area (Å²) < 4.78 is 11.7. The second-order valence-electron chi connectivity index (χ2n) is 10.2. The lowest BCUT2D eigenvalue weighted by Crippen LogP contribution is -2.33. The summed E-state index contributed by atoms with van der Waals surface area (Å²) in [6.45, 7) is 6.40. The lowest BCUT2D eigenvalue weighted by molar-refractivity contribution is 0.172. The Morgan fingerprint density at radius 1 is 1.05 bits per heavy atom. The molecule has 3 aromatic rings. The Morgan fingerprint density at radius 3 is 2.41 bits per heavy atom. The summed E-state index contributed by atoms with van der Waals surface area (Å²) in [5.41, 5.74) is 4.36. The lowest BCUT2D eigenvalue weighted by Gasteiger charge is -2.31. The maximum Gasteiger partial charge on any atom is 0.173 e. The van der Waals surface area contributed by atoms with Crippen molar-refractivity contribution in [3.63, 3.8) is 0 Å². The van der Waals surface area contributed by atoms with Crippen LogP contribution in [0.25, 0.3) is 11.0 Å². The van der Waals surface area contributed by atoms with Gasteiger partial charge in [-0.25, -0.2) is 0 Å². The fourth-order valence-electron chi connectivity index (χ4n) is 5.06. The molecular weight excluding hydrogens is 509 g/mol. The van der Waals surface area contributed by atoms with Gasteiger partial charge in [0.05, 0.1) is 12.3 Å². The molecule has 1 saturated heterocycles. The van der Waals surface area contributed by atoms with E-state index >= 15 is 0 Å². The van der Waals surface area contributed by atoms with Gasteiger partial charge in [0.1, 0.15) is 5.75 Å². The third-order valence-corrected chi connectivity index (χ3v) is 7.42. The predicted octanol–water partition coefficient (Wildman–Crippen LogP) is 5.67. The zero-order valence-electron chi connectivity index (χ0n) is 22.3. The number of rotatable bonds is 9. The molecular formula is C29H43Cl2N3O3. The van der Waals surface area contributed by atoms with E-state index in [-0.39, 0.29) is 31.4 Å². The van der Waals surface area contributed by atoms with Crippen molar-refractivity contribution in [2.24, 2.45) is 17.8 Å². The molecule has 0 amide bonds. The monoisotopic (exact) mass is 551 g/mol. The summed E-state index contributed by atoms with van der Waals surface area (Å²) in [6.07, 6.45) is 5.72. The van der Waals surface area contributed by atoms with E-state index in [0.29, 0.717) is 18.4 Å². The highest BCUT2D eigenvalue weighted by Gasteiger charge is 2.37. The summed E-state index contributed by atoms with van der Waals surface area (Å²) in [5.74, 6) is 2.53. The van der Waals surface area contributed by atoms with Gasteiger partial charge in [0.25, 0.3) is 0 Å². The molecule has 1 aromatic heterocycles. The highest BCUT2D eigenvalue weighted by Crippen LogP contribution is 2.39. The van der Waals surface area contributed by atoms with Crippen LogP contribution in [0.5, 0.6) is 5.75 Å². The molecule has 1 saturated carbocycles. The first-order valence-electron chi connectivity index (χ1n) is 13.1. The maximum atomic E-state index is 9.21. The topological polar surface area (TPSA) is 70.8 Å². The van der Waals surface area contributed by atoms with Gasteiger partial charge in [-0.15, -0.1) is 24.8 Å². The summed E-state index contributed by atoms with van der Waals surface area (Å²) in [7, 11) is 3.75. The van der Waals surface area contributed by atoms with E-state index in [1.165, 1.54) is 37.9 Å². The number of benzene rings is 2. The molecule has 2 N–H and O–H groups in total. The molecule has 1 aliphatic heterocycles. The first-order valence-corrected chi connectivity index (χ1v) is 13.1. The summed E-state index contributed by atoms with van der Waals surface area (Å²) >= 11 is 0. The number of nitrogens with one attached hydrogen (secondary N) is 1. The smallest absolute Gasteiger partial charge is 0.173 e. The maximum absolute atomic E-state index is 9.21. The summed E-state index contributed by atoms with van der Waals surface area (Å²) in [6, 6.07) is 14.9. The van der Waals surface area contributed by atoms with E-state index in [4.69, 9.17) is 9.26 Å². The molecule has 5 rings (SSSR count). The van der Waals surface area contributed by atoms with Crippen LogP contribution in [-0.2, 0) is 13.0 Å². The van der Waals surface area contributed by atoms with E-state index in [0.717, 1.165) is 53.3 Å². The van der Waals surface area contributed by atoms with Crippen molar-refractivity contribution in [2.75, 3.05) is 40.4 Å². The Kier molecular flexibility index (Phi) is 13.2. The Hall–Kier alpha value is -1.83. The number of piperidine rings is 1. The average Bonchev–Trinajstić information content (AvgIpc) is 3.52. The van der Waals surface area contributed by atoms with Gasteiger partial charge < -0.3 is 19.7 Å². The first-order chi connectivity index (χ1) is 17.1. The molecule has 37 heavy (non-hydrogen) atoms. The van der Waals surface area contributed by atoms with Gasteiger partial charge >= 0.3 is 0 Å². The molecule has 2 unspecified atom stereocenters. The Morgan fingerprint density at radius 2 is 1.76 bits per heavy atom. The minimum absolute atomic E-state index is 0. The van der Waals surface area contributed by atoms with Crippen molar-refractivity contribution in [2.45, 2.75) is 45.6 Å². The van der Waals surface area contributed by atoms with Crippen molar-refractivity contribution in [3.05, 3.63) is 59.3 Å². The second kappa shape index (κ2) is 15.6. The summed E-state index contributed by atoms with van der Waals surface area (Å²) in [4.78, 5) is 2.58. The zero-order valence-corrected chi connectivity index (χ0v) is 24.0. The highest BCUT2D eigenvalue weighted by molar-refractivity contribution is 5.86. The van der Waals surface area contributed by atoms with Crippen LogP contribution >= 0.6 is 24.8 Å². The fraction of sp³-hybridized carbons (Fsp3) is 0.552. The van der Waals surface area contributed by atoms with Crippen LogP contribution in [0.3, 0.4) is 0 Å². The van der Waals surface area contributed by atoms with E-state index in [1.807, 2.05) is 21.0 Å². The fourth-order valence-corrected chi connectivity index (χ4v) is 5.06. The molecule has 2 aromatic carbocycles. The number of hydrogen-bond acceptors (Lipinski definition) is 6. The molecule has 8 heteroatoms. The van der Waals surface area contributed by atoms with Crippen LogP contribution in [0.1, 0.15) is 42.5 Å². The predicted molar refractivity (Wildman–Crippen MR) is 155 cm³/mol. The van der Waals surface area contributed by atoms with Gasteiger partial charge in [0, 0.05) is 24.1 Å². The Labute approximate surface area is 233 Å². The number of ether oxygens (including phenoxy) is 1. The molecule has 206 valence electrons. The van der Waals surface area contributed by atoms with Crippen molar-refractivity contribution in [1.82, 2.24) is 15.4 Å². The van der Waals surface area contributed by atoms with Gasteiger partial charge in [0.2, 0.25) is 0 Å². The molecule has 2 fully saturated rings. The van der Waals surface area contributed by atoms with Gasteiger partial charge in [-0.2, -0.15) is 0 Å². The molecule has 2 aliphatic rings. The van der Waals surface area contributed by atoms with Gasteiger partial charge in [0.15, 0.2) is 5.58 Å². The molecule has 2 atom stereocenters. The molecule has 0 bridgehead atoms. The number of aliphatic hydroxyl groups is 1. The Balaban J connectivity index is 0.000000919. The third kappa shape index (κ3) is 8.59. The molecule has 0 radical (unpaired) electrons. The number of fused-ring (bicyclic) bond motifs is 1. The number of hydrogen-bond donors (Lipinski definition) is 2. The van der Waals surface area contributed by atoms with E-state index in [2.05, 4.69) is 57.8 Å². The molecule has 2 heterocycles. The van der Waals surface area contributed by atoms with Gasteiger partial charge in [-0.05, 0) is 102 Å². The van der Waals surface area contributed by atoms with Crippen LogP contribution in [0, 0.1) is 24.7 Å². The number of aliphatic hydroxyl groups excluding tert-OH is 1. The van der Waals surface area contributed by atoms with E-state index in [9.17, 15) is 5.11 Å². The van der Waals surface area contributed by atoms with Crippen molar-refractivity contribution in [3.8, 4) is 5.75 Å². The van der Waals surface area contributed by atoms with Gasteiger partial charge in [-0.3, -0.25) is 4.90 Å². The van der Waals surface area contributed by atoms with Crippen LogP contribution in [-0.4, -0.2) is 55.6 Å². The van der Waals surface area contributed by atoms with Crippen LogP contribution in [0.2, 0.25) is 0 Å². The van der Waals surface area contributed by atoms with Crippen molar-refractivity contribution in [1.29, 1.82) is 0 Å². The summed E-state index contributed by atoms with van der Waals surface area (Å²) in [5, 5.41) is 17.5. The second-order valence-corrected chi connectivity index (χ2v) is 10.2. The number of nitrogens with zero attached hydrogens (tertiary/aromatic N) is 2. The van der Waals surface area contributed by atoms with Crippen molar-refractivity contribution < 1.29 is 14.4 Å². The lowest BCUT2D eigenvalue weighted by atomic mass is 9.91. The number of halogens is 2. The van der Waals surface area contributed by atoms with Gasteiger partial charge in [-0.1, -0.05) is 35.5 Å². The van der Waals surface area contributed by atoms with Crippen LogP contribution < -0.4 is 10.1 Å². The SMILES string of the molecule is CNC.Cc1c(OCC2CC2CO)ccc2c(CCC3CCN(Cc4ccccc4)CC3)noc12.Cl.Cl. The minimum Gasteiger partial charge on any atom is -0.493 e. The minimum atomic E-state index is 0. The highest BCUT2D eigenvalue weighted by atomic mass is 35.5. The number of aryl methyl sites for hydroxylation is 2. The normalized spacial score (nSPS) is 19.4. The first kappa shape index (κ1) is 31.4. The average molecular weight is 553 g/mol. The zero-order chi connectivity index (χ0) is 24.6. The largest absolute Gasteiger partial charge is 0.493 e. The standard InChI is InChI=1S/C27H34N2O3.C2H7N.2ClH/c1-19-26(31-18-23-15-22(23)17-30)10-8-24-25(28-32-27(19)24)9-7-20-11-13-29(14-12-20)16-21-5-3-2-4-6-21;1-3-2;;/h2-6,8,10,20,22-23,30H,7,9,11-18H2,1H3;3H,1-2H3;2*1H. The number of likely N-dealkylation sites (tertiary alicyclic amines) is 1. The molecule has 0 spiro atoms. The van der Waals surface area contributed by atoms with E-state index in [1.54, 1.807) is 0 Å².